The molecule has 0 spiro atoms. The van der Waals surface area contributed by atoms with E-state index in [0.717, 1.165) is 0 Å². The Hall–Kier alpha value is -1.66. The van der Waals surface area contributed by atoms with Crippen LogP contribution in [0.15, 0.2) is 18.2 Å². The molecule has 1 amide bonds. The zero-order valence-corrected chi connectivity index (χ0v) is 10.5. The van der Waals surface area contributed by atoms with E-state index in [1.54, 1.807) is 6.92 Å². The van der Waals surface area contributed by atoms with Crippen LogP contribution in [-0.4, -0.2) is 22.0 Å². The lowest BCUT2D eigenvalue weighted by Gasteiger charge is -2.07. The highest BCUT2D eigenvalue weighted by molar-refractivity contribution is 6.33. The summed E-state index contributed by atoms with van der Waals surface area (Å²) in [5, 5.41) is 22.2. The topological polar surface area (TPSA) is 92.5 Å². The lowest BCUT2D eigenvalue weighted by Crippen LogP contribution is -2.14. The average molecular weight is 273 g/mol. The van der Waals surface area contributed by atoms with Gasteiger partial charge >= 0.3 is 0 Å². The lowest BCUT2D eigenvalue weighted by atomic mass is 10.2. The number of nitro benzene ring substituents is 1. The maximum atomic E-state index is 11.5. The number of halogens is 1. The maximum absolute atomic E-state index is 11.5. The molecule has 0 fully saturated rings. The predicted molar refractivity (Wildman–Crippen MR) is 67.7 cm³/mol. The quantitative estimate of drug-likeness (QED) is 0.635. The minimum absolute atomic E-state index is 0.106. The van der Waals surface area contributed by atoms with Crippen molar-refractivity contribution < 1.29 is 14.8 Å². The Morgan fingerprint density at radius 2 is 2.28 bits per heavy atom. The van der Waals surface area contributed by atoms with Gasteiger partial charge in [-0.3, -0.25) is 14.9 Å². The van der Waals surface area contributed by atoms with Crippen molar-refractivity contribution in [2.75, 3.05) is 5.32 Å². The van der Waals surface area contributed by atoms with Crippen LogP contribution in [0.4, 0.5) is 11.4 Å². The number of hydrogen-bond acceptors (Lipinski definition) is 4. The van der Waals surface area contributed by atoms with Gasteiger partial charge in [-0.05, 0) is 19.4 Å². The Morgan fingerprint density at radius 1 is 1.61 bits per heavy atom. The van der Waals surface area contributed by atoms with Gasteiger partial charge in [-0.2, -0.15) is 0 Å². The first-order valence-corrected chi connectivity index (χ1v) is 5.70. The molecule has 0 aliphatic heterocycles. The molecule has 0 saturated carbocycles. The highest BCUT2D eigenvalue weighted by atomic mass is 35.5. The molecule has 0 aliphatic rings. The van der Waals surface area contributed by atoms with Crippen molar-refractivity contribution in [3.05, 3.63) is 33.3 Å². The van der Waals surface area contributed by atoms with Crippen molar-refractivity contribution in [2.24, 2.45) is 0 Å². The molecule has 0 bridgehead atoms. The molecule has 7 heteroatoms. The van der Waals surface area contributed by atoms with Crippen LogP contribution in [0, 0.1) is 10.1 Å². The van der Waals surface area contributed by atoms with Gasteiger partial charge in [-0.1, -0.05) is 11.6 Å². The third-order valence-corrected chi connectivity index (χ3v) is 2.54. The fraction of sp³-hybridized carbons (Fsp3) is 0.364. The minimum Gasteiger partial charge on any atom is -0.393 e. The van der Waals surface area contributed by atoms with Gasteiger partial charge in [0, 0.05) is 18.6 Å². The fourth-order valence-corrected chi connectivity index (χ4v) is 1.49. The van der Waals surface area contributed by atoms with E-state index in [1.807, 2.05) is 0 Å². The Morgan fingerprint density at radius 3 is 2.78 bits per heavy atom. The number of benzene rings is 1. The van der Waals surface area contributed by atoms with E-state index < -0.39 is 11.0 Å². The van der Waals surface area contributed by atoms with Gasteiger partial charge in [0.15, 0.2) is 0 Å². The molecule has 98 valence electrons. The van der Waals surface area contributed by atoms with Crippen LogP contribution in [-0.2, 0) is 4.79 Å². The van der Waals surface area contributed by atoms with E-state index in [1.165, 1.54) is 18.2 Å². The summed E-state index contributed by atoms with van der Waals surface area (Å²) in [6.07, 6.45) is -0.0513. The zero-order valence-electron chi connectivity index (χ0n) is 9.72. The van der Waals surface area contributed by atoms with Gasteiger partial charge in [0.25, 0.3) is 5.69 Å². The van der Waals surface area contributed by atoms with Crippen molar-refractivity contribution in [3.8, 4) is 0 Å². The summed E-state index contributed by atoms with van der Waals surface area (Å²) in [6, 6.07) is 3.81. The summed E-state index contributed by atoms with van der Waals surface area (Å²) >= 11 is 5.81. The van der Waals surface area contributed by atoms with Gasteiger partial charge < -0.3 is 10.4 Å². The molecule has 1 aromatic carbocycles. The monoisotopic (exact) mass is 272 g/mol. The summed E-state index contributed by atoms with van der Waals surface area (Å²) < 4.78 is 0. The van der Waals surface area contributed by atoms with Crippen LogP contribution in [0.25, 0.3) is 0 Å². The van der Waals surface area contributed by atoms with Crippen LogP contribution in [0.3, 0.4) is 0 Å². The van der Waals surface area contributed by atoms with Crippen molar-refractivity contribution in [2.45, 2.75) is 25.9 Å². The van der Waals surface area contributed by atoms with Gasteiger partial charge in [0.2, 0.25) is 5.91 Å². The first kappa shape index (κ1) is 14.4. The second-order valence-electron chi connectivity index (χ2n) is 3.86. The molecule has 18 heavy (non-hydrogen) atoms. The maximum Gasteiger partial charge on any atom is 0.271 e. The number of carbonyl (C=O) groups excluding carboxylic acids is 1. The van der Waals surface area contributed by atoms with Gasteiger partial charge in [-0.15, -0.1) is 0 Å². The molecule has 0 aliphatic carbocycles. The summed E-state index contributed by atoms with van der Waals surface area (Å²) in [4.78, 5) is 21.4. The van der Waals surface area contributed by atoms with E-state index in [2.05, 4.69) is 5.32 Å². The number of nitrogens with zero attached hydrogens (tertiary/aromatic N) is 1. The van der Waals surface area contributed by atoms with E-state index in [-0.39, 0.29) is 23.0 Å². The molecule has 0 heterocycles. The number of aliphatic hydroxyl groups is 1. The van der Waals surface area contributed by atoms with Crippen molar-refractivity contribution >= 4 is 28.9 Å². The van der Waals surface area contributed by atoms with E-state index in [0.29, 0.717) is 12.1 Å². The molecule has 1 unspecified atom stereocenters. The van der Waals surface area contributed by atoms with E-state index in [4.69, 9.17) is 16.7 Å². The highest BCUT2D eigenvalue weighted by Gasteiger charge is 2.11. The molecule has 1 atom stereocenters. The Bertz CT molecular complexity index is 462. The number of nitrogens with one attached hydrogen (secondary N) is 1. The summed E-state index contributed by atoms with van der Waals surface area (Å²) in [6.45, 7) is 1.59. The molecule has 0 aromatic heterocycles. The fourth-order valence-electron chi connectivity index (χ4n) is 1.27. The Kier molecular flexibility index (Phi) is 5.06. The molecule has 0 saturated heterocycles. The van der Waals surface area contributed by atoms with Crippen LogP contribution in [0.2, 0.25) is 5.02 Å². The number of carbonyl (C=O) groups is 1. The smallest absolute Gasteiger partial charge is 0.271 e. The standard InChI is InChI=1S/C11H13ClN2O4/c1-7(15)2-5-11(16)13-10-4-3-8(14(17)18)6-9(10)12/h3-4,6-7,15H,2,5H2,1H3,(H,13,16). The third-order valence-electron chi connectivity index (χ3n) is 2.23. The highest BCUT2D eigenvalue weighted by Crippen LogP contribution is 2.26. The van der Waals surface area contributed by atoms with Gasteiger partial charge in [0.1, 0.15) is 0 Å². The average Bonchev–Trinajstić information content (AvgIpc) is 2.29. The van der Waals surface area contributed by atoms with E-state index >= 15 is 0 Å². The number of non-ortho nitro benzene ring substituents is 1. The molecule has 1 rings (SSSR count). The van der Waals surface area contributed by atoms with Crippen molar-refractivity contribution in [3.63, 3.8) is 0 Å². The molecule has 2 N–H and O–H groups in total. The SMILES string of the molecule is CC(O)CCC(=O)Nc1ccc([N+](=O)[O-])cc1Cl. The number of rotatable bonds is 5. The molecule has 0 radical (unpaired) electrons. The number of nitro groups is 1. The van der Waals surface area contributed by atoms with Gasteiger partial charge in [-0.25, -0.2) is 0 Å². The lowest BCUT2D eigenvalue weighted by molar-refractivity contribution is -0.384. The Balaban J connectivity index is 2.68. The molecule has 1 aromatic rings. The summed E-state index contributed by atoms with van der Waals surface area (Å²) in [5.74, 6) is -0.299. The third kappa shape index (κ3) is 4.31. The van der Waals surface area contributed by atoms with Crippen LogP contribution in [0.1, 0.15) is 19.8 Å². The van der Waals surface area contributed by atoms with Crippen LogP contribution in [0.5, 0.6) is 0 Å². The minimum atomic E-state index is -0.565. The van der Waals surface area contributed by atoms with Crippen LogP contribution >= 0.6 is 11.6 Å². The predicted octanol–water partition coefficient (Wildman–Crippen LogP) is 2.35. The number of aliphatic hydroxyl groups excluding tert-OH is 1. The second kappa shape index (κ2) is 6.32. The Labute approximate surface area is 109 Å². The normalized spacial score (nSPS) is 11.9. The molecular weight excluding hydrogens is 260 g/mol. The first-order chi connectivity index (χ1) is 8.40. The molecule has 6 nitrogen and oxygen atoms in total. The largest absolute Gasteiger partial charge is 0.393 e. The first-order valence-electron chi connectivity index (χ1n) is 5.32. The van der Waals surface area contributed by atoms with Crippen molar-refractivity contribution in [1.82, 2.24) is 0 Å². The van der Waals surface area contributed by atoms with Crippen LogP contribution < -0.4 is 5.32 Å². The molecular formula is C11H13ClN2O4. The summed E-state index contributed by atoms with van der Waals surface area (Å²) in [7, 11) is 0. The van der Waals surface area contributed by atoms with E-state index in [9.17, 15) is 14.9 Å². The number of anilines is 1. The number of hydrogen-bond donors (Lipinski definition) is 2. The summed E-state index contributed by atoms with van der Waals surface area (Å²) in [5.41, 5.74) is 0.180. The second-order valence-corrected chi connectivity index (χ2v) is 4.26. The van der Waals surface area contributed by atoms with Crippen molar-refractivity contribution in [1.29, 1.82) is 0 Å². The zero-order chi connectivity index (χ0) is 13.7. The number of amides is 1. The van der Waals surface area contributed by atoms with Gasteiger partial charge in [0.05, 0.1) is 21.7 Å².